The zero-order chi connectivity index (χ0) is 15.6. The fourth-order valence-corrected chi connectivity index (χ4v) is 1.52. The Labute approximate surface area is 123 Å². The first-order chi connectivity index (χ1) is 9.30. The Bertz CT molecular complexity index is 344. The van der Waals surface area contributed by atoms with Crippen LogP contribution in [0, 0.1) is 0 Å². The number of rotatable bonds is 9. The summed E-state index contributed by atoms with van der Waals surface area (Å²) in [4.78, 5) is 13.8. The molecule has 0 atom stereocenters. The van der Waals surface area contributed by atoms with Gasteiger partial charge in [0.2, 0.25) is 0 Å². The second-order valence-electron chi connectivity index (χ2n) is 5.66. The highest BCUT2D eigenvalue weighted by Gasteiger charge is 2.10. The minimum absolute atomic E-state index is 0.0298. The van der Waals surface area contributed by atoms with Gasteiger partial charge in [0.25, 0.3) is 0 Å². The van der Waals surface area contributed by atoms with Crippen LogP contribution in [0.4, 0.5) is 0 Å². The second-order valence-corrected chi connectivity index (χ2v) is 5.66. The summed E-state index contributed by atoms with van der Waals surface area (Å²) in [6.45, 7) is 17.7. The van der Waals surface area contributed by atoms with Crippen molar-refractivity contribution in [1.29, 1.82) is 0 Å². The molecule has 20 heavy (non-hydrogen) atoms. The van der Waals surface area contributed by atoms with Gasteiger partial charge in [-0.15, -0.1) is 13.2 Å². The fraction of sp³-hybridized carbons (Fsp3) is 0.562. The molecule has 0 unspecified atom stereocenters. The summed E-state index contributed by atoms with van der Waals surface area (Å²) >= 11 is 0. The van der Waals surface area contributed by atoms with Crippen LogP contribution < -0.4 is 5.32 Å². The third-order valence-corrected chi connectivity index (χ3v) is 2.42. The Morgan fingerprint density at radius 3 is 2.25 bits per heavy atom. The predicted octanol–water partition coefficient (Wildman–Crippen LogP) is 2.50. The van der Waals surface area contributed by atoms with E-state index in [1.54, 1.807) is 25.3 Å². The number of hydrogen-bond donors (Lipinski definition) is 1. The molecule has 4 heteroatoms. The summed E-state index contributed by atoms with van der Waals surface area (Å²) in [5, 5.41) is 3.26. The molecule has 0 aliphatic rings. The summed E-state index contributed by atoms with van der Waals surface area (Å²) in [7, 11) is 0. The average Bonchev–Trinajstić information content (AvgIpc) is 2.33. The molecule has 0 spiro atoms. The van der Waals surface area contributed by atoms with Crippen LogP contribution in [0.2, 0.25) is 0 Å². The van der Waals surface area contributed by atoms with Crippen LogP contribution >= 0.6 is 0 Å². The van der Waals surface area contributed by atoms with Crippen LogP contribution in [0.15, 0.2) is 37.1 Å². The van der Waals surface area contributed by atoms with Gasteiger partial charge in [-0.1, -0.05) is 12.2 Å². The second kappa shape index (κ2) is 9.37. The SMILES string of the molecule is C=CCN(C=C(C)C(=O)OCCNC(C)(C)C)CC=C. The van der Waals surface area contributed by atoms with Crippen LogP contribution in [-0.2, 0) is 9.53 Å². The fourth-order valence-electron chi connectivity index (χ4n) is 1.52. The smallest absolute Gasteiger partial charge is 0.335 e. The molecule has 4 nitrogen and oxygen atoms in total. The highest BCUT2D eigenvalue weighted by atomic mass is 16.5. The maximum Gasteiger partial charge on any atom is 0.335 e. The lowest BCUT2D eigenvalue weighted by Crippen LogP contribution is -2.38. The molecule has 114 valence electrons. The Morgan fingerprint density at radius 2 is 1.80 bits per heavy atom. The molecule has 0 fully saturated rings. The van der Waals surface area contributed by atoms with E-state index in [1.165, 1.54) is 0 Å². The van der Waals surface area contributed by atoms with Gasteiger partial charge < -0.3 is 15.0 Å². The first-order valence-electron chi connectivity index (χ1n) is 6.86. The van der Waals surface area contributed by atoms with Crippen LogP contribution in [0.25, 0.3) is 0 Å². The maximum absolute atomic E-state index is 11.8. The first kappa shape index (κ1) is 18.4. The van der Waals surface area contributed by atoms with Gasteiger partial charge in [-0.05, 0) is 27.7 Å². The summed E-state index contributed by atoms with van der Waals surface area (Å²) in [5.74, 6) is -0.293. The first-order valence-corrected chi connectivity index (χ1v) is 6.86. The molecule has 0 bridgehead atoms. The molecule has 0 saturated heterocycles. The van der Waals surface area contributed by atoms with Gasteiger partial charge in [0.1, 0.15) is 6.61 Å². The van der Waals surface area contributed by atoms with Crippen molar-refractivity contribution >= 4 is 5.97 Å². The van der Waals surface area contributed by atoms with Crippen LogP contribution in [0.1, 0.15) is 27.7 Å². The van der Waals surface area contributed by atoms with Crippen molar-refractivity contribution in [2.75, 3.05) is 26.2 Å². The van der Waals surface area contributed by atoms with Crippen molar-refractivity contribution in [2.24, 2.45) is 0 Å². The summed E-state index contributed by atoms with van der Waals surface area (Å²) in [6.07, 6.45) is 5.35. The number of nitrogens with one attached hydrogen (secondary N) is 1. The van der Waals surface area contributed by atoms with Crippen molar-refractivity contribution in [3.8, 4) is 0 Å². The van der Waals surface area contributed by atoms with Crippen molar-refractivity contribution in [2.45, 2.75) is 33.2 Å². The van der Waals surface area contributed by atoms with Gasteiger partial charge in [-0.2, -0.15) is 0 Å². The predicted molar refractivity (Wildman–Crippen MR) is 84.4 cm³/mol. The Kier molecular flexibility index (Phi) is 8.64. The molecule has 0 saturated carbocycles. The van der Waals surface area contributed by atoms with Gasteiger partial charge in [0.15, 0.2) is 0 Å². The number of hydrogen-bond acceptors (Lipinski definition) is 4. The number of carbonyl (C=O) groups excluding carboxylic acids is 1. The van der Waals surface area contributed by atoms with E-state index in [0.29, 0.717) is 31.8 Å². The zero-order valence-corrected chi connectivity index (χ0v) is 13.2. The van der Waals surface area contributed by atoms with Gasteiger partial charge in [-0.3, -0.25) is 0 Å². The summed E-state index contributed by atoms with van der Waals surface area (Å²) in [6, 6.07) is 0. The molecule has 1 N–H and O–H groups in total. The van der Waals surface area contributed by atoms with E-state index in [0.717, 1.165) is 0 Å². The Balaban J connectivity index is 4.24. The number of nitrogens with zero attached hydrogens (tertiary/aromatic N) is 1. The topological polar surface area (TPSA) is 41.6 Å². The monoisotopic (exact) mass is 280 g/mol. The molecular formula is C16H28N2O2. The van der Waals surface area contributed by atoms with Gasteiger partial charge in [-0.25, -0.2) is 4.79 Å². The third kappa shape index (κ3) is 9.39. The highest BCUT2D eigenvalue weighted by molar-refractivity contribution is 5.87. The lowest BCUT2D eigenvalue weighted by Gasteiger charge is -2.20. The minimum atomic E-state index is -0.293. The van der Waals surface area contributed by atoms with Crippen molar-refractivity contribution in [3.63, 3.8) is 0 Å². The van der Waals surface area contributed by atoms with Gasteiger partial charge in [0.05, 0.1) is 0 Å². The van der Waals surface area contributed by atoms with E-state index < -0.39 is 0 Å². The molecule has 0 aliphatic heterocycles. The quantitative estimate of drug-likeness (QED) is 0.305. The molecule has 0 aromatic heterocycles. The Hall–Kier alpha value is -1.55. The normalized spacial score (nSPS) is 11.9. The largest absolute Gasteiger partial charge is 0.461 e. The highest BCUT2D eigenvalue weighted by Crippen LogP contribution is 2.02. The van der Waals surface area contributed by atoms with Gasteiger partial charge in [0, 0.05) is 36.9 Å². The molecule has 0 amide bonds. The van der Waals surface area contributed by atoms with E-state index in [1.807, 2.05) is 4.90 Å². The van der Waals surface area contributed by atoms with E-state index >= 15 is 0 Å². The van der Waals surface area contributed by atoms with Crippen LogP contribution in [0.3, 0.4) is 0 Å². The lowest BCUT2D eigenvalue weighted by atomic mass is 10.1. The number of carbonyl (C=O) groups is 1. The van der Waals surface area contributed by atoms with E-state index in [9.17, 15) is 4.79 Å². The number of ether oxygens (including phenoxy) is 1. The van der Waals surface area contributed by atoms with Crippen molar-refractivity contribution in [3.05, 3.63) is 37.1 Å². The van der Waals surface area contributed by atoms with E-state index in [-0.39, 0.29) is 11.5 Å². The summed E-state index contributed by atoms with van der Waals surface area (Å²) in [5.41, 5.74) is 0.603. The lowest BCUT2D eigenvalue weighted by molar-refractivity contribution is -0.139. The summed E-state index contributed by atoms with van der Waals surface area (Å²) < 4.78 is 5.21. The van der Waals surface area contributed by atoms with Crippen molar-refractivity contribution < 1.29 is 9.53 Å². The third-order valence-electron chi connectivity index (χ3n) is 2.42. The van der Waals surface area contributed by atoms with Crippen LogP contribution in [0.5, 0.6) is 0 Å². The number of esters is 1. The average molecular weight is 280 g/mol. The molecule has 0 heterocycles. The molecule has 0 rings (SSSR count). The minimum Gasteiger partial charge on any atom is -0.461 e. The molecule has 0 aliphatic carbocycles. The molecule has 0 aromatic rings. The van der Waals surface area contributed by atoms with Gasteiger partial charge >= 0.3 is 5.97 Å². The van der Waals surface area contributed by atoms with Crippen LogP contribution in [-0.4, -0.2) is 42.6 Å². The van der Waals surface area contributed by atoms with E-state index in [2.05, 4.69) is 39.2 Å². The standard InChI is InChI=1S/C16H28N2O2/c1-7-10-18(11-8-2)13-14(3)15(19)20-12-9-17-16(4,5)6/h7-8,13,17H,1-2,9-12H2,3-6H3. The molecular weight excluding hydrogens is 252 g/mol. The zero-order valence-electron chi connectivity index (χ0n) is 13.2. The Morgan fingerprint density at radius 1 is 1.25 bits per heavy atom. The molecule has 0 aromatic carbocycles. The molecule has 0 radical (unpaired) electrons. The van der Waals surface area contributed by atoms with E-state index in [4.69, 9.17) is 4.74 Å². The van der Waals surface area contributed by atoms with Crippen molar-refractivity contribution in [1.82, 2.24) is 10.2 Å². The maximum atomic E-state index is 11.8.